The molecule has 1 saturated heterocycles. The van der Waals surface area contributed by atoms with E-state index in [1.54, 1.807) is 6.07 Å². The highest BCUT2D eigenvalue weighted by molar-refractivity contribution is 8.06. The predicted molar refractivity (Wildman–Crippen MR) is 68.5 cm³/mol. The average molecular weight is 242 g/mol. The maximum Gasteiger partial charge on any atom is 0.148 e. The Morgan fingerprint density at radius 1 is 1.40 bits per heavy atom. The summed E-state index contributed by atoms with van der Waals surface area (Å²) in [7, 11) is 0. The summed E-state index contributed by atoms with van der Waals surface area (Å²) in [5.41, 5.74) is 5.46. The van der Waals surface area contributed by atoms with Crippen molar-refractivity contribution in [2.75, 3.05) is 34.9 Å². The van der Waals surface area contributed by atoms with Crippen LogP contribution >= 0.6 is 23.5 Å². The number of rotatable bonds is 3. The molecule has 15 heavy (non-hydrogen) atoms. The number of hydrogen-bond acceptors (Lipinski definition) is 6. The van der Waals surface area contributed by atoms with Crippen molar-refractivity contribution in [3.8, 4) is 0 Å². The van der Waals surface area contributed by atoms with Crippen LogP contribution in [0.25, 0.3) is 0 Å². The lowest BCUT2D eigenvalue weighted by Gasteiger charge is -2.21. The molecule has 1 aromatic heterocycles. The summed E-state index contributed by atoms with van der Waals surface area (Å²) in [5, 5.41) is 11.7. The van der Waals surface area contributed by atoms with Gasteiger partial charge in [-0.05, 0) is 12.1 Å². The largest absolute Gasteiger partial charge is 0.382 e. The topological polar surface area (TPSA) is 63.8 Å². The number of nitrogens with zero attached hydrogens (tertiary/aromatic N) is 2. The Balaban J connectivity index is 1.79. The molecule has 1 aliphatic rings. The molecule has 4 nitrogen and oxygen atoms in total. The van der Waals surface area contributed by atoms with E-state index in [0.717, 1.165) is 12.4 Å². The van der Waals surface area contributed by atoms with Gasteiger partial charge in [0.25, 0.3) is 0 Å². The van der Waals surface area contributed by atoms with Gasteiger partial charge < -0.3 is 11.1 Å². The van der Waals surface area contributed by atoms with Gasteiger partial charge in [0.05, 0.1) is 0 Å². The summed E-state index contributed by atoms with van der Waals surface area (Å²) in [4.78, 5) is 0. The fourth-order valence-electron chi connectivity index (χ4n) is 1.31. The molecule has 3 N–H and O–H groups in total. The maximum absolute atomic E-state index is 5.46. The molecule has 2 rings (SSSR count). The lowest BCUT2D eigenvalue weighted by Crippen LogP contribution is -2.23. The zero-order chi connectivity index (χ0) is 10.5. The third kappa shape index (κ3) is 3.46. The summed E-state index contributed by atoms with van der Waals surface area (Å²) < 4.78 is 0. The van der Waals surface area contributed by atoms with Crippen molar-refractivity contribution in [2.45, 2.75) is 5.25 Å². The minimum absolute atomic E-state index is 0.461. The summed E-state index contributed by atoms with van der Waals surface area (Å²) in [5.74, 6) is 5.02. The first kappa shape index (κ1) is 10.9. The van der Waals surface area contributed by atoms with Crippen LogP contribution in [0, 0.1) is 0 Å². The van der Waals surface area contributed by atoms with Crippen LogP contribution < -0.4 is 11.1 Å². The Hall–Kier alpha value is -0.620. The van der Waals surface area contributed by atoms with Gasteiger partial charge in [0.2, 0.25) is 0 Å². The van der Waals surface area contributed by atoms with Gasteiger partial charge in [-0.1, -0.05) is 0 Å². The maximum atomic E-state index is 5.46. The van der Waals surface area contributed by atoms with E-state index in [1.165, 1.54) is 17.3 Å². The lowest BCUT2D eigenvalue weighted by molar-refractivity contribution is 0.964. The molecule has 0 radical (unpaired) electrons. The van der Waals surface area contributed by atoms with Crippen molar-refractivity contribution in [2.24, 2.45) is 0 Å². The van der Waals surface area contributed by atoms with E-state index in [-0.39, 0.29) is 0 Å². The van der Waals surface area contributed by atoms with Crippen LogP contribution in [0.5, 0.6) is 0 Å². The van der Waals surface area contributed by atoms with Gasteiger partial charge in [-0.2, -0.15) is 23.5 Å². The van der Waals surface area contributed by atoms with E-state index in [4.69, 9.17) is 5.73 Å². The molecule has 0 saturated carbocycles. The Bertz CT molecular complexity index is 297. The van der Waals surface area contributed by atoms with Gasteiger partial charge in [0.15, 0.2) is 0 Å². The number of nitrogen functional groups attached to an aromatic ring is 1. The van der Waals surface area contributed by atoms with E-state index in [2.05, 4.69) is 15.5 Å². The van der Waals surface area contributed by atoms with Crippen LogP contribution in [0.15, 0.2) is 12.1 Å². The number of aromatic nitrogens is 2. The number of thioether (sulfide) groups is 2. The summed E-state index contributed by atoms with van der Waals surface area (Å²) in [6, 6.07) is 3.63. The molecule has 2 heterocycles. The molecule has 0 spiro atoms. The quantitative estimate of drug-likeness (QED) is 0.833. The molecule has 1 fully saturated rings. The molecule has 1 atom stereocenters. The number of nitrogens with one attached hydrogen (secondary N) is 1. The first-order chi connectivity index (χ1) is 7.34. The van der Waals surface area contributed by atoms with E-state index in [9.17, 15) is 0 Å². The minimum atomic E-state index is 0.461. The smallest absolute Gasteiger partial charge is 0.148 e. The minimum Gasteiger partial charge on any atom is -0.382 e. The van der Waals surface area contributed by atoms with Crippen LogP contribution in [0.2, 0.25) is 0 Å². The molecule has 0 aliphatic carbocycles. The standard InChI is InChI=1S/C9H14N4S2/c10-8-1-2-9(13-12-8)11-5-7-6-14-3-4-15-7/h1-2,7H,3-6H2,(H2,10,12)(H,11,13). The highest BCUT2D eigenvalue weighted by Gasteiger charge is 2.13. The predicted octanol–water partition coefficient (Wildman–Crippen LogP) is 1.32. The second-order valence-corrected chi connectivity index (χ2v) is 5.85. The zero-order valence-corrected chi connectivity index (χ0v) is 9.98. The van der Waals surface area contributed by atoms with E-state index < -0.39 is 0 Å². The van der Waals surface area contributed by atoms with Gasteiger partial charge in [0.1, 0.15) is 11.6 Å². The molecule has 0 aromatic carbocycles. The van der Waals surface area contributed by atoms with Crippen molar-refractivity contribution in [3.05, 3.63) is 12.1 Å². The van der Waals surface area contributed by atoms with Crippen molar-refractivity contribution in [1.29, 1.82) is 0 Å². The number of nitrogens with two attached hydrogens (primary N) is 1. The van der Waals surface area contributed by atoms with Crippen LogP contribution in [-0.2, 0) is 0 Å². The van der Waals surface area contributed by atoms with E-state index >= 15 is 0 Å². The lowest BCUT2D eigenvalue weighted by atomic mass is 10.4. The summed E-state index contributed by atoms with van der Waals surface area (Å²) >= 11 is 4.05. The Morgan fingerprint density at radius 3 is 3.00 bits per heavy atom. The second kappa shape index (κ2) is 5.46. The molecule has 1 unspecified atom stereocenters. The fraction of sp³-hybridized carbons (Fsp3) is 0.556. The van der Waals surface area contributed by atoms with Crippen molar-refractivity contribution in [3.63, 3.8) is 0 Å². The molecule has 82 valence electrons. The molecule has 0 amide bonds. The fourth-order valence-corrected chi connectivity index (χ4v) is 3.92. The third-order valence-electron chi connectivity index (χ3n) is 2.08. The Kier molecular flexibility index (Phi) is 3.96. The molecule has 1 aliphatic heterocycles. The van der Waals surface area contributed by atoms with Crippen molar-refractivity contribution < 1.29 is 0 Å². The van der Waals surface area contributed by atoms with Crippen LogP contribution in [0.1, 0.15) is 0 Å². The third-order valence-corrected chi connectivity index (χ3v) is 4.93. The van der Waals surface area contributed by atoms with Gasteiger partial charge in [-0.3, -0.25) is 0 Å². The van der Waals surface area contributed by atoms with E-state index in [0.29, 0.717) is 11.1 Å². The van der Waals surface area contributed by atoms with Gasteiger partial charge >= 0.3 is 0 Å². The number of hydrogen-bond donors (Lipinski definition) is 2. The van der Waals surface area contributed by atoms with Crippen LogP contribution in [-0.4, -0.2) is 39.3 Å². The molecular weight excluding hydrogens is 228 g/mol. The average Bonchev–Trinajstić information content (AvgIpc) is 2.30. The van der Waals surface area contributed by atoms with Crippen LogP contribution in [0.3, 0.4) is 0 Å². The molecule has 0 bridgehead atoms. The first-order valence-corrected chi connectivity index (χ1v) is 7.07. The zero-order valence-electron chi connectivity index (χ0n) is 8.35. The van der Waals surface area contributed by atoms with Gasteiger partial charge in [0, 0.05) is 29.1 Å². The molecule has 1 aromatic rings. The second-order valence-electron chi connectivity index (χ2n) is 3.29. The highest BCUT2D eigenvalue weighted by atomic mass is 32.2. The van der Waals surface area contributed by atoms with Crippen molar-refractivity contribution in [1.82, 2.24) is 10.2 Å². The Labute approximate surface area is 97.8 Å². The first-order valence-electron chi connectivity index (χ1n) is 4.87. The Morgan fingerprint density at radius 2 is 2.33 bits per heavy atom. The molecular formula is C9H14N4S2. The normalized spacial score (nSPS) is 21.2. The molecule has 6 heteroatoms. The van der Waals surface area contributed by atoms with Gasteiger partial charge in [-0.25, -0.2) is 0 Å². The van der Waals surface area contributed by atoms with Gasteiger partial charge in [-0.15, -0.1) is 10.2 Å². The monoisotopic (exact) mass is 242 g/mol. The summed E-state index contributed by atoms with van der Waals surface area (Å²) in [6.45, 7) is 0.955. The van der Waals surface area contributed by atoms with Crippen LogP contribution in [0.4, 0.5) is 11.6 Å². The number of anilines is 2. The summed E-state index contributed by atoms with van der Waals surface area (Å²) in [6.07, 6.45) is 0. The highest BCUT2D eigenvalue weighted by Crippen LogP contribution is 2.23. The van der Waals surface area contributed by atoms with Crippen molar-refractivity contribution >= 4 is 35.2 Å². The SMILES string of the molecule is Nc1ccc(NCC2CSCCS2)nn1. The van der Waals surface area contributed by atoms with E-state index in [1.807, 2.05) is 29.6 Å².